The lowest BCUT2D eigenvalue weighted by Gasteiger charge is -2.44. The molecule has 0 aromatic heterocycles. The third-order valence-electron chi connectivity index (χ3n) is 3.39. The first-order valence-corrected chi connectivity index (χ1v) is 5.38. The highest BCUT2D eigenvalue weighted by atomic mass is 16.5. The lowest BCUT2D eigenvalue weighted by atomic mass is 9.87. The maximum Gasteiger partial charge on any atom is 0.114 e. The van der Waals surface area contributed by atoms with Gasteiger partial charge in [-0.1, -0.05) is 13.8 Å². The van der Waals surface area contributed by atoms with Gasteiger partial charge < -0.3 is 4.74 Å². The minimum absolute atomic E-state index is 0.122. The summed E-state index contributed by atoms with van der Waals surface area (Å²) in [5.74, 6) is 0.642. The van der Waals surface area contributed by atoms with E-state index in [4.69, 9.17) is 4.74 Å². The molecule has 0 aromatic carbocycles. The van der Waals surface area contributed by atoms with Gasteiger partial charge in [0.15, 0.2) is 0 Å². The van der Waals surface area contributed by atoms with Crippen molar-refractivity contribution in [3.63, 3.8) is 0 Å². The number of hydrogen-bond donors (Lipinski definition) is 1. The van der Waals surface area contributed by atoms with Crippen LogP contribution in [-0.2, 0) is 4.74 Å². The van der Waals surface area contributed by atoms with Gasteiger partial charge in [-0.05, 0) is 32.6 Å². The largest absolute Gasteiger partial charge is 0.357 e. The molecule has 2 fully saturated rings. The van der Waals surface area contributed by atoms with Gasteiger partial charge in [-0.25, -0.2) is 0 Å². The Morgan fingerprint density at radius 1 is 1.31 bits per heavy atom. The molecule has 2 rings (SSSR count). The van der Waals surface area contributed by atoms with E-state index in [1.54, 1.807) is 0 Å². The molecule has 0 amide bonds. The van der Waals surface area contributed by atoms with Crippen LogP contribution >= 0.6 is 0 Å². The van der Waals surface area contributed by atoms with E-state index in [2.05, 4.69) is 33.0 Å². The van der Waals surface area contributed by atoms with Gasteiger partial charge in [-0.15, -0.1) is 0 Å². The Bertz CT molecular complexity index is 206. The van der Waals surface area contributed by atoms with Gasteiger partial charge in [0.1, 0.15) is 5.72 Å². The van der Waals surface area contributed by atoms with Crippen LogP contribution in [0.3, 0.4) is 0 Å². The quantitative estimate of drug-likeness (QED) is 0.672. The van der Waals surface area contributed by atoms with Crippen molar-refractivity contribution in [1.29, 1.82) is 0 Å². The second kappa shape index (κ2) is 2.71. The number of hydrogen-bond acceptors (Lipinski definition) is 2. The monoisotopic (exact) mass is 183 g/mol. The minimum atomic E-state index is -0.122. The average Bonchev–Trinajstić information content (AvgIpc) is 2.76. The highest BCUT2D eigenvalue weighted by Gasteiger charge is 2.55. The summed E-state index contributed by atoms with van der Waals surface area (Å²) in [4.78, 5) is 0. The molecule has 1 heterocycles. The molecule has 0 bridgehead atoms. The van der Waals surface area contributed by atoms with Crippen molar-refractivity contribution in [3.05, 3.63) is 0 Å². The zero-order valence-electron chi connectivity index (χ0n) is 9.18. The van der Waals surface area contributed by atoms with E-state index in [1.807, 2.05) is 0 Å². The molecule has 1 saturated carbocycles. The van der Waals surface area contributed by atoms with E-state index in [1.165, 1.54) is 12.8 Å². The lowest BCUT2D eigenvalue weighted by Crippen LogP contribution is -2.57. The SMILES string of the molecule is CC(C)C1OC(C)(C)NCC12CC2. The Labute approximate surface area is 81.0 Å². The number of nitrogens with one attached hydrogen (secondary N) is 1. The van der Waals surface area contributed by atoms with Crippen LogP contribution in [0.4, 0.5) is 0 Å². The first-order valence-electron chi connectivity index (χ1n) is 5.38. The molecule has 1 aliphatic heterocycles. The summed E-state index contributed by atoms with van der Waals surface area (Å²) in [6.07, 6.45) is 3.15. The van der Waals surface area contributed by atoms with Crippen LogP contribution in [0.15, 0.2) is 0 Å². The van der Waals surface area contributed by atoms with Crippen LogP contribution in [-0.4, -0.2) is 18.4 Å². The van der Waals surface area contributed by atoms with Crippen LogP contribution in [0.1, 0.15) is 40.5 Å². The molecule has 1 unspecified atom stereocenters. The maximum absolute atomic E-state index is 6.10. The van der Waals surface area contributed by atoms with E-state index < -0.39 is 0 Å². The van der Waals surface area contributed by atoms with E-state index in [0.717, 1.165) is 6.54 Å². The van der Waals surface area contributed by atoms with Crippen molar-refractivity contribution in [1.82, 2.24) is 5.32 Å². The Kier molecular flexibility index (Phi) is 1.97. The van der Waals surface area contributed by atoms with E-state index in [9.17, 15) is 0 Å². The Balaban J connectivity index is 2.11. The fourth-order valence-corrected chi connectivity index (χ4v) is 2.44. The van der Waals surface area contributed by atoms with Gasteiger partial charge in [-0.2, -0.15) is 0 Å². The second-order valence-electron chi connectivity index (χ2n) is 5.51. The fraction of sp³-hybridized carbons (Fsp3) is 1.00. The molecule has 1 saturated heterocycles. The van der Waals surface area contributed by atoms with E-state index >= 15 is 0 Å². The zero-order chi connectivity index (χ0) is 9.69. The standard InChI is InChI=1S/C11H21NO/c1-8(2)9-11(5-6-11)7-12-10(3,4)13-9/h8-9,12H,5-7H2,1-4H3. The second-order valence-corrected chi connectivity index (χ2v) is 5.51. The zero-order valence-corrected chi connectivity index (χ0v) is 9.18. The molecule has 0 aromatic rings. The van der Waals surface area contributed by atoms with Crippen molar-refractivity contribution in [2.75, 3.05) is 6.54 Å². The first-order chi connectivity index (χ1) is 5.95. The normalized spacial score (nSPS) is 35.3. The molecule has 1 N–H and O–H groups in total. The van der Waals surface area contributed by atoms with Gasteiger partial charge >= 0.3 is 0 Å². The molecule has 1 aliphatic carbocycles. The summed E-state index contributed by atoms with van der Waals surface area (Å²) in [7, 11) is 0. The molecule has 1 atom stereocenters. The van der Waals surface area contributed by atoms with Gasteiger partial charge in [0, 0.05) is 12.0 Å². The maximum atomic E-state index is 6.10. The highest BCUT2D eigenvalue weighted by molar-refractivity contribution is 5.05. The summed E-state index contributed by atoms with van der Waals surface area (Å²) in [6.45, 7) is 9.93. The molecule has 2 nitrogen and oxygen atoms in total. The molecule has 2 aliphatic rings. The van der Waals surface area contributed by atoms with Crippen LogP contribution in [0.25, 0.3) is 0 Å². The van der Waals surface area contributed by atoms with Crippen LogP contribution < -0.4 is 5.32 Å². The van der Waals surface area contributed by atoms with Gasteiger partial charge in [0.05, 0.1) is 6.10 Å². The van der Waals surface area contributed by atoms with Gasteiger partial charge in [0.2, 0.25) is 0 Å². The molecule has 1 spiro atoms. The van der Waals surface area contributed by atoms with Crippen molar-refractivity contribution in [2.24, 2.45) is 11.3 Å². The van der Waals surface area contributed by atoms with Crippen molar-refractivity contribution in [2.45, 2.75) is 52.4 Å². The summed E-state index contributed by atoms with van der Waals surface area (Å²) in [5, 5.41) is 3.47. The molecule has 76 valence electrons. The van der Waals surface area contributed by atoms with Gasteiger partial charge in [-0.3, -0.25) is 5.32 Å². The average molecular weight is 183 g/mol. The third-order valence-corrected chi connectivity index (χ3v) is 3.39. The summed E-state index contributed by atoms with van der Waals surface area (Å²) < 4.78 is 6.10. The molecule has 13 heavy (non-hydrogen) atoms. The van der Waals surface area contributed by atoms with E-state index in [-0.39, 0.29) is 5.72 Å². The van der Waals surface area contributed by atoms with Crippen LogP contribution in [0, 0.1) is 11.3 Å². The fourth-order valence-electron chi connectivity index (χ4n) is 2.44. The third kappa shape index (κ3) is 1.62. The summed E-state index contributed by atoms with van der Waals surface area (Å²) >= 11 is 0. The van der Waals surface area contributed by atoms with Crippen LogP contribution in [0.2, 0.25) is 0 Å². The number of ether oxygens (including phenoxy) is 1. The summed E-state index contributed by atoms with van der Waals surface area (Å²) in [6, 6.07) is 0. The van der Waals surface area contributed by atoms with Crippen molar-refractivity contribution < 1.29 is 4.74 Å². The van der Waals surface area contributed by atoms with Crippen molar-refractivity contribution in [3.8, 4) is 0 Å². The highest BCUT2D eigenvalue weighted by Crippen LogP contribution is 2.54. The molecular weight excluding hydrogens is 162 g/mol. The lowest BCUT2D eigenvalue weighted by molar-refractivity contribution is -0.169. The molecule has 2 heteroatoms. The van der Waals surface area contributed by atoms with E-state index in [0.29, 0.717) is 17.4 Å². The van der Waals surface area contributed by atoms with Crippen LogP contribution in [0.5, 0.6) is 0 Å². The van der Waals surface area contributed by atoms with Crippen molar-refractivity contribution >= 4 is 0 Å². The molecular formula is C11H21NO. The Hall–Kier alpha value is -0.0800. The minimum Gasteiger partial charge on any atom is -0.357 e. The van der Waals surface area contributed by atoms with Gasteiger partial charge in [0.25, 0.3) is 0 Å². The Morgan fingerprint density at radius 3 is 2.38 bits per heavy atom. The smallest absolute Gasteiger partial charge is 0.114 e. The first kappa shape index (κ1) is 9.47. The predicted octanol–water partition coefficient (Wildman–Crippen LogP) is 2.15. The Morgan fingerprint density at radius 2 is 1.92 bits per heavy atom. The topological polar surface area (TPSA) is 21.3 Å². The summed E-state index contributed by atoms with van der Waals surface area (Å²) in [5.41, 5.74) is 0.368. The predicted molar refractivity (Wildman–Crippen MR) is 53.5 cm³/mol. The molecule has 0 radical (unpaired) electrons. The number of rotatable bonds is 1.